The number of fused-ring (bicyclic) bond motifs is 6. The van der Waals surface area contributed by atoms with Gasteiger partial charge in [0.2, 0.25) is 5.82 Å². The van der Waals surface area contributed by atoms with Crippen molar-refractivity contribution in [3.8, 4) is 28.3 Å². The summed E-state index contributed by atoms with van der Waals surface area (Å²) in [5, 5.41) is 12.6. The van der Waals surface area contributed by atoms with E-state index < -0.39 is 0 Å². The van der Waals surface area contributed by atoms with Crippen LogP contribution in [-0.2, 0) is 6.54 Å². The molecule has 2 aliphatic heterocycles. The van der Waals surface area contributed by atoms with E-state index in [1.54, 1.807) is 0 Å². The van der Waals surface area contributed by atoms with Crippen molar-refractivity contribution >= 4 is 5.69 Å². The van der Waals surface area contributed by atoms with Crippen molar-refractivity contribution in [1.29, 1.82) is 0 Å². The quantitative estimate of drug-likeness (QED) is 0.411. The summed E-state index contributed by atoms with van der Waals surface area (Å²) in [6, 6.07) is 16.1. The van der Waals surface area contributed by atoms with Crippen molar-refractivity contribution in [2.45, 2.75) is 38.3 Å². The molecule has 1 saturated heterocycles. The third-order valence-electron chi connectivity index (χ3n) is 7.50. The Morgan fingerprint density at radius 2 is 1.84 bits per heavy atom. The van der Waals surface area contributed by atoms with Gasteiger partial charge in [-0.05, 0) is 83.1 Å². The first-order valence-corrected chi connectivity index (χ1v) is 11.4. The molecule has 2 atom stereocenters. The van der Waals surface area contributed by atoms with Crippen molar-refractivity contribution in [2.24, 2.45) is 5.92 Å². The Morgan fingerprint density at radius 1 is 0.938 bits per heavy atom. The van der Waals surface area contributed by atoms with Crippen molar-refractivity contribution in [2.75, 3.05) is 11.4 Å². The zero-order valence-corrected chi connectivity index (χ0v) is 17.7. The molecule has 0 bridgehead atoms. The maximum atomic E-state index is 13.4. The summed E-state index contributed by atoms with van der Waals surface area (Å²) < 4.78 is 17.5. The first-order valence-electron chi connectivity index (χ1n) is 11.4. The number of hydrogen-bond donors (Lipinski definition) is 0. The number of nitrogens with zero attached hydrogens (tertiary/aromatic N) is 6. The molecule has 7 heteroatoms. The van der Waals surface area contributed by atoms with Crippen molar-refractivity contribution in [3.63, 3.8) is 0 Å². The summed E-state index contributed by atoms with van der Waals surface area (Å²) in [5.74, 6) is 1.35. The van der Waals surface area contributed by atoms with Crippen LogP contribution in [0.4, 0.5) is 10.1 Å². The summed E-state index contributed by atoms with van der Waals surface area (Å²) in [5.41, 5.74) is 6.51. The topological polar surface area (TPSA) is 51.8 Å². The minimum absolute atomic E-state index is 0.230. The number of tetrazole rings is 1. The van der Waals surface area contributed by atoms with Gasteiger partial charge in [0.25, 0.3) is 0 Å². The summed E-state index contributed by atoms with van der Waals surface area (Å²) >= 11 is 0. The molecule has 0 amide bonds. The third-order valence-corrected chi connectivity index (χ3v) is 7.50. The van der Waals surface area contributed by atoms with Gasteiger partial charge in [0.1, 0.15) is 5.82 Å². The van der Waals surface area contributed by atoms with Crippen molar-refractivity contribution < 1.29 is 4.39 Å². The number of hydrogen-bond acceptors (Lipinski definition) is 4. The second kappa shape index (κ2) is 6.76. The lowest BCUT2D eigenvalue weighted by atomic mass is 10.0. The van der Waals surface area contributed by atoms with Crippen LogP contribution < -0.4 is 4.90 Å². The smallest absolute Gasteiger partial charge is 0.203 e. The second-order valence-corrected chi connectivity index (χ2v) is 9.22. The lowest BCUT2D eigenvalue weighted by Gasteiger charge is -2.27. The molecule has 1 saturated carbocycles. The minimum atomic E-state index is -0.230. The number of rotatable bonds is 2. The van der Waals surface area contributed by atoms with E-state index in [0.717, 1.165) is 47.3 Å². The summed E-state index contributed by atoms with van der Waals surface area (Å²) in [4.78, 5) is 2.61. The van der Waals surface area contributed by atoms with Gasteiger partial charge >= 0.3 is 0 Å². The standard InChI is InChI=1S/C25H23FN6/c26-20-6-4-16(5-7-20)18-13-24-25-27-28-29-32(25)23-9-8-21(12-19(23)15-30(24)14-18)31-11-10-17-2-1-3-22(17)31/h4-9,12-14,17,22H,1-3,10-11,15H2/t17-,22+/m1/s1. The van der Waals surface area contributed by atoms with Gasteiger partial charge in [0, 0.05) is 36.6 Å². The summed E-state index contributed by atoms with van der Waals surface area (Å²) in [6.07, 6.45) is 7.46. The van der Waals surface area contributed by atoms with Crippen LogP contribution in [0, 0.1) is 11.7 Å². The van der Waals surface area contributed by atoms with Crippen molar-refractivity contribution in [3.05, 3.63) is 66.1 Å². The van der Waals surface area contributed by atoms with E-state index >= 15 is 0 Å². The first-order chi connectivity index (χ1) is 15.7. The van der Waals surface area contributed by atoms with Gasteiger partial charge in [-0.3, -0.25) is 0 Å². The molecular formula is C25H23FN6. The Bertz CT molecular complexity index is 1320. The van der Waals surface area contributed by atoms with E-state index in [0.29, 0.717) is 6.04 Å². The minimum Gasteiger partial charge on any atom is -0.368 e. The first kappa shape index (κ1) is 18.1. The van der Waals surface area contributed by atoms with Crippen LogP contribution >= 0.6 is 0 Å². The van der Waals surface area contributed by atoms with E-state index in [-0.39, 0.29) is 5.82 Å². The van der Waals surface area contributed by atoms with Gasteiger partial charge in [0.05, 0.1) is 11.4 Å². The van der Waals surface area contributed by atoms with Crippen LogP contribution in [0.25, 0.3) is 28.3 Å². The predicted molar refractivity (Wildman–Crippen MR) is 120 cm³/mol. The van der Waals surface area contributed by atoms with Crippen LogP contribution in [0.3, 0.4) is 0 Å². The molecule has 3 aliphatic rings. The molecular weight excluding hydrogens is 403 g/mol. The van der Waals surface area contributed by atoms with Crippen LogP contribution in [0.5, 0.6) is 0 Å². The number of benzene rings is 2. The Kier molecular flexibility index (Phi) is 3.83. The van der Waals surface area contributed by atoms with Crippen LogP contribution in [0.2, 0.25) is 0 Å². The average molecular weight is 426 g/mol. The van der Waals surface area contributed by atoms with Gasteiger partial charge in [0.15, 0.2) is 0 Å². The second-order valence-electron chi connectivity index (χ2n) is 9.22. The summed E-state index contributed by atoms with van der Waals surface area (Å²) in [6.45, 7) is 1.88. The van der Waals surface area contributed by atoms with Gasteiger partial charge < -0.3 is 9.47 Å². The predicted octanol–water partition coefficient (Wildman–Crippen LogP) is 4.68. The highest BCUT2D eigenvalue weighted by Crippen LogP contribution is 2.41. The fourth-order valence-corrected chi connectivity index (χ4v) is 5.96. The summed E-state index contributed by atoms with van der Waals surface area (Å²) in [7, 11) is 0. The van der Waals surface area contributed by atoms with Crippen LogP contribution in [-0.4, -0.2) is 37.4 Å². The highest BCUT2D eigenvalue weighted by molar-refractivity contribution is 5.71. The van der Waals surface area contributed by atoms with Gasteiger partial charge in [-0.25, -0.2) is 4.39 Å². The molecule has 2 aromatic heterocycles. The van der Waals surface area contributed by atoms with Crippen LogP contribution in [0.15, 0.2) is 54.7 Å². The Morgan fingerprint density at radius 3 is 2.75 bits per heavy atom. The molecule has 2 fully saturated rings. The average Bonchev–Trinajstić information content (AvgIpc) is 3.57. The zero-order chi connectivity index (χ0) is 21.2. The van der Waals surface area contributed by atoms with E-state index in [1.165, 1.54) is 49.1 Å². The van der Waals surface area contributed by atoms with Gasteiger partial charge in [-0.1, -0.05) is 18.6 Å². The van der Waals surface area contributed by atoms with Gasteiger partial charge in [-0.2, -0.15) is 4.68 Å². The molecule has 7 rings (SSSR count). The van der Waals surface area contributed by atoms with Crippen molar-refractivity contribution in [1.82, 2.24) is 24.8 Å². The Hall–Kier alpha value is -3.48. The SMILES string of the molecule is Fc1ccc(-c2cc3n(c2)Cc2cc(N4CC[C@H]5CCC[C@@H]54)ccc2-n2nnnc2-3)cc1. The lowest BCUT2D eigenvalue weighted by Crippen LogP contribution is -2.29. The Labute approximate surface area is 185 Å². The number of anilines is 1. The fraction of sp³-hybridized carbons (Fsp3) is 0.320. The molecule has 1 aliphatic carbocycles. The monoisotopic (exact) mass is 426 g/mol. The number of aromatic nitrogens is 5. The third kappa shape index (κ3) is 2.66. The molecule has 0 spiro atoms. The molecule has 6 nitrogen and oxygen atoms in total. The maximum absolute atomic E-state index is 13.4. The van der Waals surface area contributed by atoms with E-state index in [9.17, 15) is 4.39 Å². The van der Waals surface area contributed by atoms with E-state index in [4.69, 9.17) is 0 Å². The molecule has 0 N–H and O–H groups in total. The lowest BCUT2D eigenvalue weighted by molar-refractivity contribution is 0.541. The largest absolute Gasteiger partial charge is 0.368 e. The molecule has 4 aromatic rings. The molecule has 0 radical (unpaired) electrons. The Balaban J connectivity index is 1.32. The fourth-order valence-electron chi connectivity index (χ4n) is 5.96. The van der Waals surface area contributed by atoms with E-state index in [2.05, 4.69) is 55.5 Å². The molecule has 0 unspecified atom stereocenters. The highest BCUT2D eigenvalue weighted by atomic mass is 19.1. The maximum Gasteiger partial charge on any atom is 0.203 e. The molecule has 32 heavy (non-hydrogen) atoms. The number of halogens is 1. The molecule has 2 aromatic carbocycles. The highest BCUT2D eigenvalue weighted by Gasteiger charge is 2.37. The van der Waals surface area contributed by atoms with Crippen LogP contribution in [0.1, 0.15) is 31.2 Å². The zero-order valence-electron chi connectivity index (χ0n) is 17.7. The van der Waals surface area contributed by atoms with Gasteiger partial charge in [-0.15, -0.1) is 5.10 Å². The normalized spacial score (nSPS) is 21.1. The molecule has 160 valence electrons. The van der Waals surface area contributed by atoms with E-state index in [1.807, 2.05) is 16.8 Å². The molecule has 4 heterocycles.